The summed E-state index contributed by atoms with van der Waals surface area (Å²) in [5.41, 5.74) is 1.96. The molecule has 0 amide bonds. The highest BCUT2D eigenvalue weighted by molar-refractivity contribution is 7.80. The maximum Gasteiger partial charge on any atom is 0.170 e. The molecule has 5 nitrogen and oxygen atoms in total. The Bertz CT molecular complexity index is 969. The molecule has 0 aliphatic carbocycles. The Hall–Kier alpha value is -2.86. The molecule has 0 saturated carbocycles. The summed E-state index contributed by atoms with van der Waals surface area (Å²) in [5.74, 6) is 2.55. The SMILES string of the molecule is CCOc1ccc(-c2ccc([C@@H]3[C@@H](c4ccccn4)NC(=S)N3C(C)C)o2)cc1. The molecule has 3 heterocycles. The van der Waals surface area contributed by atoms with E-state index in [4.69, 9.17) is 21.4 Å². The Morgan fingerprint density at radius 3 is 2.59 bits per heavy atom. The second-order valence-electron chi connectivity index (χ2n) is 7.29. The van der Waals surface area contributed by atoms with Crippen LogP contribution in [0.25, 0.3) is 11.3 Å². The molecule has 1 aliphatic heterocycles. The van der Waals surface area contributed by atoms with Crippen LogP contribution in [-0.2, 0) is 0 Å². The van der Waals surface area contributed by atoms with E-state index in [2.05, 4.69) is 29.0 Å². The maximum atomic E-state index is 6.32. The molecule has 150 valence electrons. The van der Waals surface area contributed by atoms with Gasteiger partial charge in [0.25, 0.3) is 0 Å². The molecule has 1 N–H and O–H groups in total. The fourth-order valence-electron chi connectivity index (χ4n) is 3.78. The Morgan fingerprint density at radius 1 is 1.14 bits per heavy atom. The van der Waals surface area contributed by atoms with Crippen molar-refractivity contribution < 1.29 is 9.15 Å². The van der Waals surface area contributed by atoms with Crippen LogP contribution in [0.1, 0.15) is 44.3 Å². The Balaban J connectivity index is 1.68. The average Bonchev–Trinajstić information content (AvgIpc) is 3.34. The van der Waals surface area contributed by atoms with E-state index < -0.39 is 0 Å². The zero-order valence-electron chi connectivity index (χ0n) is 16.8. The standard InChI is InChI=1S/C23H25N3O2S/c1-4-27-17-10-8-16(9-11-17)19-12-13-20(28-19)22-21(18-7-5-6-14-24-18)25-23(29)26(22)15(2)3/h5-15,21-22H,4H2,1-3H3,(H,25,29)/t21-,22-/m1/s1. The summed E-state index contributed by atoms with van der Waals surface area (Å²) in [6, 6.07) is 18.0. The quantitative estimate of drug-likeness (QED) is 0.572. The molecular weight excluding hydrogens is 382 g/mol. The van der Waals surface area contributed by atoms with Crippen LogP contribution in [0.5, 0.6) is 5.75 Å². The Kier molecular flexibility index (Phi) is 5.53. The highest BCUT2D eigenvalue weighted by Crippen LogP contribution is 2.41. The van der Waals surface area contributed by atoms with Crippen molar-refractivity contribution >= 4 is 17.3 Å². The lowest BCUT2D eigenvalue weighted by Gasteiger charge is -2.29. The van der Waals surface area contributed by atoms with E-state index in [9.17, 15) is 0 Å². The first-order valence-corrected chi connectivity index (χ1v) is 10.3. The third kappa shape index (κ3) is 3.85. The van der Waals surface area contributed by atoms with E-state index in [0.29, 0.717) is 6.61 Å². The number of benzene rings is 1. The van der Waals surface area contributed by atoms with Crippen LogP contribution < -0.4 is 10.1 Å². The second-order valence-corrected chi connectivity index (χ2v) is 7.67. The zero-order valence-corrected chi connectivity index (χ0v) is 17.6. The molecule has 29 heavy (non-hydrogen) atoms. The molecule has 0 radical (unpaired) electrons. The van der Waals surface area contributed by atoms with Crippen LogP contribution in [0.3, 0.4) is 0 Å². The largest absolute Gasteiger partial charge is 0.494 e. The topological polar surface area (TPSA) is 50.5 Å². The summed E-state index contributed by atoms with van der Waals surface area (Å²) in [5, 5.41) is 4.16. The van der Waals surface area contributed by atoms with Gasteiger partial charge in [0.1, 0.15) is 23.3 Å². The number of furan rings is 1. The maximum absolute atomic E-state index is 6.32. The van der Waals surface area contributed by atoms with Crippen LogP contribution in [-0.4, -0.2) is 27.6 Å². The summed E-state index contributed by atoms with van der Waals surface area (Å²) in [4.78, 5) is 6.74. The highest BCUT2D eigenvalue weighted by atomic mass is 32.1. The van der Waals surface area contributed by atoms with Gasteiger partial charge in [-0.25, -0.2) is 0 Å². The number of thiocarbonyl (C=S) groups is 1. The summed E-state index contributed by atoms with van der Waals surface area (Å²) in [7, 11) is 0. The number of ether oxygens (including phenoxy) is 1. The minimum absolute atomic E-state index is 0.0613. The number of hydrogen-bond acceptors (Lipinski definition) is 4. The lowest BCUT2D eigenvalue weighted by molar-refractivity contribution is 0.237. The van der Waals surface area contributed by atoms with Gasteiger partial charge in [-0.2, -0.15) is 0 Å². The van der Waals surface area contributed by atoms with Gasteiger partial charge in [0, 0.05) is 17.8 Å². The Labute approximate surface area is 176 Å². The molecule has 4 rings (SSSR count). The lowest BCUT2D eigenvalue weighted by Crippen LogP contribution is -2.35. The zero-order chi connectivity index (χ0) is 20.4. The third-order valence-electron chi connectivity index (χ3n) is 5.06. The average molecular weight is 408 g/mol. The highest BCUT2D eigenvalue weighted by Gasteiger charge is 2.42. The van der Waals surface area contributed by atoms with Crippen molar-refractivity contribution in [3.63, 3.8) is 0 Å². The van der Waals surface area contributed by atoms with E-state index in [0.717, 1.165) is 33.6 Å². The number of rotatable bonds is 6. The molecule has 1 aromatic carbocycles. The molecule has 1 fully saturated rings. The molecule has 0 bridgehead atoms. The molecule has 2 atom stereocenters. The van der Waals surface area contributed by atoms with Crippen molar-refractivity contribution in [2.75, 3.05) is 6.61 Å². The molecule has 1 aliphatic rings. The molecular formula is C23H25N3O2S. The summed E-state index contributed by atoms with van der Waals surface area (Å²) in [6.45, 7) is 6.90. The number of nitrogens with one attached hydrogen (secondary N) is 1. The van der Waals surface area contributed by atoms with Crippen LogP contribution >= 0.6 is 12.2 Å². The predicted octanol–water partition coefficient (Wildman–Crippen LogP) is 5.12. The van der Waals surface area contributed by atoms with Gasteiger partial charge in [0.2, 0.25) is 0 Å². The number of aromatic nitrogens is 1. The first kappa shape index (κ1) is 19.5. The lowest BCUT2D eigenvalue weighted by atomic mass is 10.0. The van der Waals surface area contributed by atoms with Crippen LogP contribution in [0, 0.1) is 0 Å². The van der Waals surface area contributed by atoms with Gasteiger partial charge in [-0.3, -0.25) is 4.98 Å². The van der Waals surface area contributed by atoms with Gasteiger partial charge >= 0.3 is 0 Å². The molecule has 2 aromatic heterocycles. The minimum Gasteiger partial charge on any atom is -0.494 e. The van der Waals surface area contributed by atoms with Crippen molar-refractivity contribution in [2.24, 2.45) is 0 Å². The summed E-state index contributed by atoms with van der Waals surface area (Å²) < 4.78 is 11.9. The summed E-state index contributed by atoms with van der Waals surface area (Å²) in [6.07, 6.45) is 1.81. The van der Waals surface area contributed by atoms with Crippen molar-refractivity contribution in [1.82, 2.24) is 15.2 Å². The third-order valence-corrected chi connectivity index (χ3v) is 5.39. The smallest absolute Gasteiger partial charge is 0.170 e. The van der Waals surface area contributed by atoms with Crippen molar-refractivity contribution in [3.05, 3.63) is 72.2 Å². The van der Waals surface area contributed by atoms with Crippen LogP contribution in [0.4, 0.5) is 0 Å². The number of hydrogen-bond donors (Lipinski definition) is 1. The molecule has 0 spiro atoms. The monoisotopic (exact) mass is 407 g/mol. The van der Waals surface area contributed by atoms with E-state index in [-0.39, 0.29) is 18.1 Å². The first-order valence-electron chi connectivity index (χ1n) is 9.91. The minimum atomic E-state index is -0.0644. The molecule has 6 heteroatoms. The van der Waals surface area contributed by atoms with Gasteiger partial charge in [-0.15, -0.1) is 0 Å². The van der Waals surface area contributed by atoms with E-state index in [1.807, 2.05) is 67.7 Å². The predicted molar refractivity (Wildman–Crippen MR) is 118 cm³/mol. The van der Waals surface area contributed by atoms with E-state index in [1.165, 1.54) is 0 Å². The van der Waals surface area contributed by atoms with Crippen LogP contribution in [0.15, 0.2) is 65.2 Å². The van der Waals surface area contributed by atoms with Gasteiger partial charge in [-0.1, -0.05) is 6.07 Å². The number of nitrogens with zero attached hydrogens (tertiary/aromatic N) is 2. The van der Waals surface area contributed by atoms with Crippen molar-refractivity contribution in [2.45, 2.75) is 38.9 Å². The van der Waals surface area contributed by atoms with Crippen molar-refractivity contribution in [3.8, 4) is 17.1 Å². The molecule has 3 aromatic rings. The van der Waals surface area contributed by atoms with Gasteiger partial charge < -0.3 is 19.4 Å². The van der Waals surface area contributed by atoms with Gasteiger partial charge in [0.05, 0.1) is 18.3 Å². The van der Waals surface area contributed by atoms with E-state index in [1.54, 1.807) is 0 Å². The van der Waals surface area contributed by atoms with Crippen LogP contribution in [0.2, 0.25) is 0 Å². The van der Waals surface area contributed by atoms with Gasteiger partial charge in [0.15, 0.2) is 5.11 Å². The Morgan fingerprint density at radius 2 is 1.93 bits per heavy atom. The second kappa shape index (κ2) is 8.25. The fourth-order valence-corrected chi connectivity index (χ4v) is 4.23. The van der Waals surface area contributed by atoms with E-state index >= 15 is 0 Å². The van der Waals surface area contributed by atoms with Crippen molar-refractivity contribution in [1.29, 1.82) is 0 Å². The molecule has 0 unspecified atom stereocenters. The first-order chi connectivity index (χ1) is 14.1. The van der Waals surface area contributed by atoms with Gasteiger partial charge in [-0.05, 0) is 81.5 Å². The number of pyridine rings is 1. The normalized spacial score (nSPS) is 18.9. The molecule has 1 saturated heterocycles. The fraction of sp³-hybridized carbons (Fsp3) is 0.304. The summed E-state index contributed by atoms with van der Waals surface area (Å²) >= 11 is 5.64.